The largest absolute Gasteiger partial charge is 0.394 e. The van der Waals surface area contributed by atoms with Crippen LogP contribution in [0.15, 0.2) is 24.4 Å². The zero-order chi connectivity index (χ0) is 24.5. The van der Waals surface area contributed by atoms with Crippen molar-refractivity contribution >= 4 is 34.1 Å². The molecule has 4 heterocycles. The molecule has 3 aromatic rings. The fourth-order valence-electron chi connectivity index (χ4n) is 5.12. The molecular formula is C25H31ClN6O3. The zero-order valence-corrected chi connectivity index (χ0v) is 20.9. The molecule has 2 aliphatic heterocycles. The third kappa shape index (κ3) is 5.18. The van der Waals surface area contributed by atoms with Gasteiger partial charge in [0.1, 0.15) is 17.4 Å². The summed E-state index contributed by atoms with van der Waals surface area (Å²) in [6.45, 7) is 7.62. The fraction of sp³-hybridized carbons (Fsp3) is 0.520. The van der Waals surface area contributed by atoms with Gasteiger partial charge < -0.3 is 14.7 Å². The summed E-state index contributed by atoms with van der Waals surface area (Å²) in [5.41, 5.74) is 2.07. The number of ether oxygens (including phenoxy) is 1. The number of benzene rings is 1. The van der Waals surface area contributed by atoms with Crippen molar-refractivity contribution in [2.24, 2.45) is 0 Å². The highest BCUT2D eigenvalue weighted by atomic mass is 35.5. The van der Waals surface area contributed by atoms with Crippen LogP contribution < -0.4 is 4.90 Å². The number of carbonyl (C=O) groups excluding carboxylic acids is 1. The van der Waals surface area contributed by atoms with Crippen LogP contribution in [0.5, 0.6) is 0 Å². The van der Waals surface area contributed by atoms with E-state index in [1.54, 1.807) is 6.92 Å². The average Bonchev–Trinajstić information content (AvgIpc) is 3.26. The third-order valence-electron chi connectivity index (χ3n) is 6.85. The van der Waals surface area contributed by atoms with Gasteiger partial charge >= 0.3 is 0 Å². The van der Waals surface area contributed by atoms with E-state index in [0.29, 0.717) is 43.8 Å². The van der Waals surface area contributed by atoms with Gasteiger partial charge in [0, 0.05) is 29.6 Å². The number of hydrogen-bond acceptors (Lipinski definition) is 8. The predicted octanol–water partition coefficient (Wildman–Crippen LogP) is 2.74. The SMILES string of the molecule is CC(=O)CN1CCC(c2cc3c(cnn3-c3cc(N4CCO[C@@H](CO)C4)nc(C)n3)cc2Cl)CC1. The molecule has 1 N–H and O–H groups in total. The van der Waals surface area contributed by atoms with Gasteiger partial charge in [-0.1, -0.05) is 11.6 Å². The molecular weight excluding hydrogens is 468 g/mol. The summed E-state index contributed by atoms with van der Waals surface area (Å²) < 4.78 is 7.44. The molecule has 9 nitrogen and oxygen atoms in total. The Balaban J connectivity index is 1.45. The monoisotopic (exact) mass is 498 g/mol. The van der Waals surface area contributed by atoms with E-state index in [4.69, 9.17) is 16.3 Å². The second kappa shape index (κ2) is 10.2. The van der Waals surface area contributed by atoms with E-state index < -0.39 is 0 Å². The Morgan fingerprint density at radius 3 is 2.69 bits per heavy atom. The Labute approximate surface area is 209 Å². The number of piperidine rings is 1. The van der Waals surface area contributed by atoms with Crippen molar-refractivity contribution < 1.29 is 14.6 Å². The highest BCUT2D eigenvalue weighted by Gasteiger charge is 2.25. The Bertz CT molecular complexity index is 1220. The minimum atomic E-state index is -0.223. The summed E-state index contributed by atoms with van der Waals surface area (Å²) in [5, 5.41) is 15.9. The van der Waals surface area contributed by atoms with Crippen molar-refractivity contribution in [3.63, 3.8) is 0 Å². The van der Waals surface area contributed by atoms with Crippen LogP contribution in [0.1, 0.15) is 37.1 Å². The third-order valence-corrected chi connectivity index (χ3v) is 7.18. The number of aryl methyl sites for hydroxylation is 1. The summed E-state index contributed by atoms with van der Waals surface area (Å²) in [4.78, 5) is 25.1. The number of aliphatic hydroxyl groups excluding tert-OH is 1. The molecule has 5 rings (SSSR count). The zero-order valence-electron chi connectivity index (χ0n) is 20.2. The molecule has 0 radical (unpaired) electrons. The van der Waals surface area contributed by atoms with Crippen molar-refractivity contribution in [1.29, 1.82) is 0 Å². The van der Waals surface area contributed by atoms with Crippen LogP contribution in [0.4, 0.5) is 5.82 Å². The number of ketones is 1. The normalized spacial score (nSPS) is 20.0. The van der Waals surface area contributed by atoms with E-state index in [2.05, 4.69) is 30.9 Å². The van der Waals surface area contributed by atoms with Gasteiger partial charge in [0.05, 0.1) is 37.6 Å². The van der Waals surface area contributed by atoms with Gasteiger partial charge in [0.15, 0.2) is 5.82 Å². The first-order valence-corrected chi connectivity index (χ1v) is 12.5. The number of likely N-dealkylation sites (tertiary alicyclic amines) is 1. The average molecular weight is 499 g/mol. The first-order chi connectivity index (χ1) is 16.9. The molecule has 0 saturated carbocycles. The molecule has 10 heteroatoms. The molecule has 186 valence electrons. The number of Topliss-reactive ketones (excluding diaryl/α,β-unsaturated/α-hetero) is 1. The van der Waals surface area contributed by atoms with Crippen LogP contribution in [-0.2, 0) is 9.53 Å². The van der Waals surface area contributed by atoms with Crippen molar-refractivity contribution in [2.45, 2.75) is 38.7 Å². The summed E-state index contributed by atoms with van der Waals surface area (Å²) in [6, 6.07) is 6.07. The molecule has 35 heavy (non-hydrogen) atoms. The highest BCUT2D eigenvalue weighted by molar-refractivity contribution is 6.32. The van der Waals surface area contributed by atoms with Crippen molar-refractivity contribution in [3.05, 3.63) is 40.8 Å². The van der Waals surface area contributed by atoms with Crippen molar-refractivity contribution in [3.8, 4) is 5.82 Å². The second-order valence-electron chi connectivity index (χ2n) is 9.49. The molecule has 2 saturated heterocycles. The highest BCUT2D eigenvalue weighted by Crippen LogP contribution is 2.36. The Hall–Kier alpha value is -2.59. The van der Waals surface area contributed by atoms with Crippen LogP contribution in [-0.4, -0.2) is 87.6 Å². The molecule has 0 bridgehead atoms. The van der Waals surface area contributed by atoms with Crippen molar-refractivity contribution in [2.75, 3.05) is 50.8 Å². The summed E-state index contributed by atoms with van der Waals surface area (Å²) in [7, 11) is 0. The topological polar surface area (TPSA) is 96.6 Å². The maximum absolute atomic E-state index is 11.5. The van der Waals surface area contributed by atoms with Gasteiger partial charge in [0.2, 0.25) is 0 Å². The van der Waals surface area contributed by atoms with Crippen LogP contribution >= 0.6 is 11.6 Å². The van der Waals surface area contributed by atoms with E-state index in [0.717, 1.165) is 53.2 Å². The minimum Gasteiger partial charge on any atom is -0.394 e. The lowest BCUT2D eigenvalue weighted by Gasteiger charge is -2.33. The van der Waals surface area contributed by atoms with Crippen LogP contribution in [0.2, 0.25) is 5.02 Å². The number of rotatable bonds is 6. The van der Waals surface area contributed by atoms with Gasteiger partial charge in [-0.05, 0) is 63.4 Å². The summed E-state index contributed by atoms with van der Waals surface area (Å²) >= 11 is 6.72. The van der Waals surface area contributed by atoms with E-state index in [1.165, 1.54) is 0 Å². The van der Waals surface area contributed by atoms with Crippen LogP contribution in [0.3, 0.4) is 0 Å². The first-order valence-electron chi connectivity index (χ1n) is 12.1. The van der Waals surface area contributed by atoms with Crippen LogP contribution in [0.25, 0.3) is 16.7 Å². The lowest BCUT2D eigenvalue weighted by molar-refractivity contribution is -0.118. The maximum Gasteiger partial charge on any atom is 0.159 e. The van der Waals surface area contributed by atoms with Crippen LogP contribution in [0, 0.1) is 6.92 Å². The number of nitrogens with zero attached hydrogens (tertiary/aromatic N) is 6. The number of fused-ring (bicyclic) bond motifs is 1. The van der Waals surface area contributed by atoms with Crippen molar-refractivity contribution in [1.82, 2.24) is 24.6 Å². The predicted molar refractivity (Wildman–Crippen MR) is 135 cm³/mol. The molecule has 1 atom stereocenters. The second-order valence-corrected chi connectivity index (χ2v) is 9.90. The molecule has 0 aliphatic carbocycles. The molecule has 0 spiro atoms. The Morgan fingerprint density at radius 2 is 1.94 bits per heavy atom. The smallest absolute Gasteiger partial charge is 0.159 e. The number of halogens is 1. The summed E-state index contributed by atoms with van der Waals surface area (Å²) in [5.74, 6) is 2.68. The number of anilines is 1. The minimum absolute atomic E-state index is 0.0194. The van der Waals surface area contributed by atoms with E-state index >= 15 is 0 Å². The Kier molecular flexibility index (Phi) is 7.02. The van der Waals surface area contributed by atoms with E-state index in [9.17, 15) is 9.90 Å². The number of carbonyl (C=O) groups is 1. The quantitative estimate of drug-likeness (QED) is 0.554. The summed E-state index contributed by atoms with van der Waals surface area (Å²) in [6.07, 6.45) is 3.52. The van der Waals surface area contributed by atoms with Gasteiger partial charge in [-0.3, -0.25) is 9.69 Å². The molecule has 2 aromatic heterocycles. The Morgan fingerprint density at radius 1 is 1.17 bits per heavy atom. The standard InChI is InChI=1S/C25H31ClN6O3/c1-16(34)13-30-5-3-18(4-6-30)21-10-23-19(9-22(21)26)12-27-32(23)25-11-24(28-17(2)29-25)31-7-8-35-20(14-31)15-33/h9-12,18,20,33H,3-8,13-15H2,1-2H3/t20-/m1/s1. The maximum atomic E-state index is 11.5. The molecule has 2 aliphatic rings. The number of morpholine rings is 1. The molecule has 0 unspecified atom stereocenters. The lowest BCUT2D eigenvalue weighted by atomic mass is 9.89. The molecule has 1 aromatic carbocycles. The van der Waals surface area contributed by atoms with Gasteiger partial charge in [-0.15, -0.1) is 0 Å². The molecule has 2 fully saturated rings. The number of aromatic nitrogens is 4. The van der Waals surface area contributed by atoms with Gasteiger partial charge in [0.25, 0.3) is 0 Å². The first kappa shape index (κ1) is 24.1. The van der Waals surface area contributed by atoms with Gasteiger partial charge in [-0.25, -0.2) is 14.6 Å². The lowest BCUT2D eigenvalue weighted by Crippen LogP contribution is -2.44. The van der Waals surface area contributed by atoms with Gasteiger partial charge in [-0.2, -0.15) is 5.10 Å². The molecule has 0 amide bonds. The number of aliphatic hydroxyl groups is 1. The van der Waals surface area contributed by atoms with E-state index in [-0.39, 0.29) is 18.5 Å². The number of hydrogen-bond donors (Lipinski definition) is 1. The fourth-order valence-corrected chi connectivity index (χ4v) is 5.45. The van der Waals surface area contributed by atoms with E-state index in [1.807, 2.05) is 29.9 Å².